The second-order valence-electron chi connectivity index (χ2n) is 9.96. The molecular formula is C31H46N2O2. The van der Waals surface area contributed by atoms with Crippen LogP contribution in [0.4, 0.5) is 0 Å². The molecule has 1 amide bonds. The number of ether oxygens (including phenoxy) is 1. The van der Waals surface area contributed by atoms with Crippen molar-refractivity contribution in [3.63, 3.8) is 0 Å². The summed E-state index contributed by atoms with van der Waals surface area (Å²) in [6.45, 7) is 3.96. The van der Waals surface area contributed by atoms with Crippen molar-refractivity contribution in [1.82, 2.24) is 9.88 Å². The van der Waals surface area contributed by atoms with Gasteiger partial charge in [-0.05, 0) is 68.7 Å². The Balaban J connectivity index is 1.24. The summed E-state index contributed by atoms with van der Waals surface area (Å²) in [4.78, 5) is 18.2. The van der Waals surface area contributed by atoms with E-state index in [-0.39, 0.29) is 0 Å². The molecule has 1 aliphatic heterocycles. The SMILES string of the molecule is CCCCC/C=C\C/C=C\CCCCCCCC(=O)N1CC[C@H](c2c[nH]c3ccc(OC)cc23)C1. The maximum absolute atomic E-state index is 12.7. The molecule has 0 spiro atoms. The van der Waals surface area contributed by atoms with E-state index in [1.54, 1.807) is 7.11 Å². The summed E-state index contributed by atoms with van der Waals surface area (Å²) in [7, 11) is 1.70. The van der Waals surface area contributed by atoms with Crippen LogP contribution in [0.15, 0.2) is 48.7 Å². The van der Waals surface area contributed by atoms with Crippen molar-refractivity contribution in [2.24, 2.45) is 0 Å². The molecule has 1 aromatic carbocycles. The number of aromatic amines is 1. The molecular weight excluding hydrogens is 432 g/mol. The van der Waals surface area contributed by atoms with Crippen LogP contribution in [-0.4, -0.2) is 36.0 Å². The number of methoxy groups -OCH3 is 1. The molecule has 0 aliphatic carbocycles. The van der Waals surface area contributed by atoms with Crippen LogP contribution in [0.1, 0.15) is 102 Å². The van der Waals surface area contributed by atoms with E-state index in [1.165, 1.54) is 62.3 Å². The van der Waals surface area contributed by atoms with Gasteiger partial charge in [0.05, 0.1) is 7.11 Å². The Kier molecular flexibility index (Phi) is 12.0. The minimum absolute atomic E-state index is 0.329. The quantitative estimate of drug-likeness (QED) is 0.195. The Bertz CT molecular complexity index is 943. The number of hydrogen-bond acceptors (Lipinski definition) is 2. The number of unbranched alkanes of at least 4 members (excludes halogenated alkanes) is 8. The summed E-state index contributed by atoms with van der Waals surface area (Å²) in [6, 6.07) is 6.16. The number of H-pyrrole nitrogens is 1. The van der Waals surface area contributed by atoms with Gasteiger partial charge < -0.3 is 14.6 Å². The number of benzene rings is 1. The fourth-order valence-electron chi connectivity index (χ4n) is 5.07. The molecule has 0 radical (unpaired) electrons. The van der Waals surface area contributed by atoms with Crippen LogP contribution in [-0.2, 0) is 4.79 Å². The zero-order chi connectivity index (χ0) is 24.7. The number of nitrogens with one attached hydrogen (secondary N) is 1. The highest BCUT2D eigenvalue weighted by molar-refractivity contribution is 5.85. The van der Waals surface area contributed by atoms with E-state index in [2.05, 4.69) is 59.4 Å². The largest absolute Gasteiger partial charge is 0.497 e. The molecule has 2 aromatic rings. The fraction of sp³-hybridized carbons (Fsp3) is 0.581. The highest BCUT2D eigenvalue weighted by Crippen LogP contribution is 2.34. The third-order valence-corrected chi connectivity index (χ3v) is 7.24. The monoisotopic (exact) mass is 478 g/mol. The van der Waals surface area contributed by atoms with E-state index in [1.807, 2.05) is 6.07 Å². The van der Waals surface area contributed by atoms with Crippen molar-refractivity contribution >= 4 is 16.8 Å². The maximum Gasteiger partial charge on any atom is 0.222 e. The van der Waals surface area contributed by atoms with Crippen LogP contribution in [0.3, 0.4) is 0 Å². The first kappa shape index (κ1) is 27.1. The normalized spacial score (nSPS) is 16.3. The molecule has 0 saturated carbocycles. The molecule has 3 rings (SSSR count). The molecule has 4 heteroatoms. The highest BCUT2D eigenvalue weighted by atomic mass is 16.5. The zero-order valence-corrected chi connectivity index (χ0v) is 22.1. The molecule has 2 heterocycles. The van der Waals surface area contributed by atoms with Gasteiger partial charge in [-0.3, -0.25) is 4.79 Å². The predicted molar refractivity (Wildman–Crippen MR) is 148 cm³/mol. The van der Waals surface area contributed by atoms with Crippen molar-refractivity contribution in [3.8, 4) is 5.75 Å². The van der Waals surface area contributed by atoms with Crippen molar-refractivity contribution < 1.29 is 9.53 Å². The smallest absolute Gasteiger partial charge is 0.222 e. The lowest BCUT2D eigenvalue weighted by atomic mass is 9.98. The highest BCUT2D eigenvalue weighted by Gasteiger charge is 2.28. The van der Waals surface area contributed by atoms with Gasteiger partial charge in [-0.1, -0.05) is 63.3 Å². The molecule has 0 unspecified atom stereocenters. The summed E-state index contributed by atoms with van der Waals surface area (Å²) in [5, 5.41) is 1.22. The summed E-state index contributed by atoms with van der Waals surface area (Å²) in [5.74, 6) is 1.62. The number of carbonyl (C=O) groups is 1. The Hall–Kier alpha value is -2.49. The predicted octanol–water partition coefficient (Wildman–Crippen LogP) is 8.31. The van der Waals surface area contributed by atoms with Gasteiger partial charge in [-0.25, -0.2) is 0 Å². The standard InChI is InChI=1S/C31H46N2O2/c1-3-4-5-6-7-8-9-10-11-12-13-14-15-16-17-18-31(34)33-22-21-26(25-33)29-24-32-30-20-19-27(35-2)23-28(29)30/h7-8,10-11,19-20,23-24,26,32H,3-6,9,12-18,21-22,25H2,1-2H3/b8-7-,11-10-/t26-/m0/s1. The number of nitrogens with zero attached hydrogens (tertiary/aromatic N) is 1. The lowest BCUT2D eigenvalue weighted by molar-refractivity contribution is -0.130. The van der Waals surface area contributed by atoms with Gasteiger partial charge >= 0.3 is 0 Å². The first-order chi connectivity index (χ1) is 17.2. The number of rotatable bonds is 16. The number of aromatic nitrogens is 1. The molecule has 35 heavy (non-hydrogen) atoms. The van der Waals surface area contributed by atoms with Gasteiger partial charge in [0.1, 0.15) is 5.75 Å². The Morgan fingerprint density at radius 1 is 1.03 bits per heavy atom. The third kappa shape index (κ3) is 8.91. The second kappa shape index (κ2) is 15.5. The van der Waals surface area contributed by atoms with Crippen molar-refractivity contribution in [2.45, 2.75) is 96.3 Å². The van der Waals surface area contributed by atoms with E-state index < -0.39 is 0 Å². The van der Waals surface area contributed by atoms with Gasteiger partial charge in [0, 0.05) is 42.5 Å². The van der Waals surface area contributed by atoms with Crippen molar-refractivity contribution in [3.05, 3.63) is 54.3 Å². The average molecular weight is 479 g/mol. The van der Waals surface area contributed by atoms with E-state index in [4.69, 9.17) is 4.74 Å². The fourth-order valence-corrected chi connectivity index (χ4v) is 5.07. The molecule has 1 N–H and O–H groups in total. The molecule has 1 aliphatic rings. The molecule has 1 saturated heterocycles. The molecule has 1 fully saturated rings. The summed E-state index contributed by atoms with van der Waals surface area (Å²) in [5.41, 5.74) is 2.45. The van der Waals surface area contributed by atoms with Gasteiger partial charge in [0.15, 0.2) is 0 Å². The lowest BCUT2D eigenvalue weighted by Crippen LogP contribution is -2.28. The van der Waals surface area contributed by atoms with Crippen LogP contribution in [0.25, 0.3) is 10.9 Å². The summed E-state index contributed by atoms with van der Waals surface area (Å²) >= 11 is 0. The van der Waals surface area contributed by atoms with E-state index in [0.29, 0.717) is 18.2 Å². The first-order valence-electron chi connectivity index (χ1n) is 14.0. The zero-order valence-electron chi connectivity index (χ0n) is 22.1. The Labute approximate surface area is 212 Å². The van der Waals surface area contributed by atoms with E-state index >= 15 is 0 Å². The number of carbonyl (C=O) groups excluding carboxylic acids is 1. The second-order valence-corrected chi connectivity index (χ2v) is 9.96. The molecule has 1 atom stereocenters. The van der Waals surface area contributed by atoms with Crippen LogP contribution in [0, 0.1) is 0 Å². The maximum atomic E-state index is 12.7. The number of allylic oxidation sites excluding steroid dienone is 4. The van der Waals surface area contributed by atoms with Gasteiger partial charge in [0.25, 0.3) is 0 Å². The number of hydrogen-bond donors (Lipinski definition) is 1. The number of amides is 1. The van der Waals surface area contributed by atoms with Crippen LogP contribution in [0.2, 0.25) is 0 Å². The van der Waals surface area contributed by atoms with E-state index in [0.717, 1.165) is 50.0 Å². The minimum atomic E-state index is 0.329. The Morgan fingerprint density at radius 3 is 2.54 bits per heavy atom. The van der Waals surface area contributed by atoms with Gasteiger partial charge in [-0.2, -0.15) is 0 Å². The van der Waals surface area contributed by atoms with Crippen LogP contribution < -0.4 is 4.74 Å². The van der Waals surface area contributed by atoms with Crippen molar-refractivity contribution in [1.29, 1.82) is 0 Å². The molecule has 0 bridgehead atoms. The minimum Gasteiger partial charge on any atom is -0.497 e. The van der Waals surface area contributed by atoms with Crippen LogP contribution in [0.5, 0.6) is 5.75 Å². The lowest BCUT2D eigenvalue weighted by Gasteiger charge is -2.16. The third-order valence-electron chi connectivity index (χ3n) is 7.24. The van der Waals surface area contributed by atoms with Crippen molar-refractivity contribution in [2.75, 3.05) is 20.2 Å². The van der Waals surface area contributed by atoms with Gasteiger partial charge in [-0.15, -0.1) is 0 Å². The Morgan fingerprint density at radius 2 is 1.77 bits per heavy atom. The molecule has 4 nitrogen and oxygen atoms in total. The summed E-state index contributed by atoms with van der Waals surface area (Å²) in [6.07, 6.45) is 26.5. The molecule has 192 valence electrons. The number of likely N-dealkylation sites (tertiary alicyclic amines) is 1. The first-order valence-corrected chi connectivity index (χ1v) is 14.0. The summed E-state index contributed by atoms with van der Waals surface area (Å²) < 4.78 is 5.40. The van der Waals surface area contributed by atoms with Gasteiger partial charge in [0.2, 0.25) is 5.91 Å². The number of fused-ring (bicyclic) bond motifs is 1. The van der Waals surface area contributed by atoms with E-state index in [9.17, 15) is 4.79 Å². The molecule has 1 aromatic heterocycles. The topological polar surface area (TPSA) is 45.3 Å². The average Bonchev–Trinajstić information content (AvgIpc) is 3.53. The van der Waals surface area contributed by atoms with Crippen LogP contribution >= 0.6 is 0 Å².